The number of alkyl halides is 3. The molecule has 9 heteroatoms. The molecule has 1 aromatic heterocycles. The van der Waals surface area contributed by atoms with E-state index in [0.717, 1.165) is 6.92 Å². The molecule has 0 N–H and O–H groups in total. The molecule has 0 spiro atoms. The van der Waals surface area contributed by atoms with E-state index in [-0.39, 0.29) is 37.7 Å². The van der Waals surface area contributed by atoms with Gasteiger partial charge < -0.3 is 4.90 Å². The number of aryl methyl sites for hydroxylation is 1. The molecule has 0 radical (unpaired) electrons. The number of hydrogen-bond donors (Lipinski definition) is 0. The van der Waals surface area contributed by atoms with Crippen LogP contribution < -0.4 is 4.90 Å². The van der Waals surface area contributed by atoms with Crippen molar-refractivity contribution < 1.29 is 18.1 Å². The van der Waals surface area contributed by atoms with Gasteiger partial charge in [0.15, 0.2) is 0 Å². The molecular weight excluding hydrogens is 301 g/mol. The third-order valence-electron chi connectivity index (χ3n) is 3.82. The van der Waals surface area contributed by atoms with Crippen LogP contribution in [0.15, 0.2) is 12.3 Å². The van der Waals surface area contributed by atoms with Crippen LogP contribution in [0.4, 0.5) is 24.7 Å². The Hall–Kier alpha value is -1.90. The molecule has 1 aromatic rings. The maximum Gasteiger partial charge on any atom is 0.403 e. The summed E-state index contributed by atoms with van der Waals surface area (Å²) in [5, 5.41) is 11.1. The number of nitrogens with zero attached hydrogens (tertiary/aromatic N) is 4. The highest BCUT2D eigenvalue weighted by Crippen LogP contribution is 2.29. The molecule has 1 aliphatic rings. The lowest BCUT2D eigenvalue weighted by Gasteiger charge is -2.38. The van der Waals surface area contributed by atoms with E-state index in [1.807, 2.05) is 0 Å². The van der Waals surface area contributed by atoms with Gasteiger partial charge in [0.25, 0.3) is 0 Å². The molecule has 0 saturated carbocycles. The maximum atomic E-state index is 12.7. The lowest BCUT2D eigenvalue weighted by atomic mass is 10.2. The summed E-state index contributed by atoms with van der Waals surface area (Å²) < 4.78 is 38.1. The van der Waals surface area contributed by atoms with Crippen molar-refractivity contribution in [3.05, 3.63) is 27.9 Å². The van der Waals surface area contributed by atoms with Crippen molar-refractivity contribution in [1.82, 2.24) is 9.88 Å². The molecule has 0 amide bonds. The molecule has 0 aromatic carbocycles. The third kappa shape index (κ3) is 3.46. The minimum atomic E-state index is -4.27. The first-order valence-corrected chi connectivity index (χ1v) is 6.87. The molecule has 2 heterocycles. The molecule has 0 aliphatic carbocycles. The van der Waals surface area contributed by atoms with E-state index in [1.54, 1.807) is 11.8 Å². The van der Waals surface area contributed by atoms with Gasteiger partial charge in [-0.3, -0.25) is 15.0 Å². The van der Waals surface area contributed by atoms with Crippen LogP contribution in [0.1, 0.15) is 12.5 Å². The van der Waals surface area contributed by atoms with Crippen molar-refractivity contribution in [3.8, 4) is 0 Å². The molecule has 1 saturated heterocycles. The topological polar surface area (TPSA) is 62.5 Å². The van der Waals surface area contributed by atoms with Crippen molar-refractivity contribution in [3.63, 3.8) is 0 Å². The van der Waals surface area contributed by atoms with Crippen LogP contribution in [0.2, 0.25) is 0 Å². The average molecular weight is 318 g/mol. The average Bonchev–Trinajstić information content (AvgIpc) is 2.45. The molecule has 0 unspecified atom stereocenters. The van der Waals surface area contributed by atoms with Crippen molar-refractivity contribution in [2.45, 2.75) is 26.1 Å². The van der Waals surface area contributed by atoms with Crippen LogP contribution in [0.5, 0.6) is 0 Å². The molecule has 6 nitrogen and oxygen atoms in total. The Morgan fingerprint density at radius 3 is 2.41 bits per heavy atom. The molecule has 1 aliphatic heterocycles. The molecule has 1 atom stereocenters. The van der Waals surface area contributed by atoms with E-state index in [1.165, 1.54) is 17.2 Å². The fourth-order valence-electron chi connectivity index (χ4n) is 2.45. The summed E-state index contributed by atoms with van der Waals surface area (Å²) >= 11 is 0. The smallest absolute Gasteiger partial charge is 0.348 e. The Labute approximate surface area is 125 Å². The highest BCUT2D eigenvalue weighted by Gasteiger charge is 2.41. The number of piperazine rings is 1. The van der Waals surface area contributed by atoms with Crippen LogP contribution in [-0.2, 0) is 0 Å². The minimum Gasteiger partial charge on any atom is -0.348 e. The lowest BCUT2D eigenvalue weighted by Crippen LogP contribution is -2.53. The lowest BCUT2D eigenvalue weighted by molar-refractivity contribution is -0.384. The Morgan fingerprint density at radius 1 is 1.32 bits per heavy atom. The van der Waals surface area contributed by atoms with Gasteiger partial charge in [-0.1, -0.05) is 0 Å². The number of anilines is 1. The Bertz CT molecular complexity index is 557. The van der Waals surface area contributed by atoms with Gasteiger partial charge in [0.2, 0.25) is 5.82 Å². The van der Waals surface area contributed by atoms with Crippen molar-refractivity contribution in [2.24, 2.45) is 0 Å². The van der Waals surface area contributed by atoms with Gasteiger partial charge in [0.1, 0.15) is 6.04 Å². The van der Waals surface area contributed by atoms with Crippen LogP contribution in [0.3, 0.4) is 0 Å². The Morgan fingerprint density at radius 2 is 1.91 bits per heavy atom. The number of halogens is 3. The van der Waals surface area contributed by atoms with E-state index in [9.17, 15) is 23.3 Å². The zero-order valence-electron chi connectivity index (χ0n) is 12.3. The normalized spacial score (nSPS) is 18.3. The summed E-state index contributed by atoms with van der Waals surface area (Å²) in [4.78, 5) is 17.7. The molecule has 22 heavy (non-hydrogen) atoms. The summed E-state index contributed by atoms with van der Waals surface area (Å²) in [6, 6.07) is -0.0943. The van der Waals surface area contributed by atoms with Gasteiger partial charge in [-0.05, 0) is 19.4 Å². The van der Waals surface area contributed by atoms with E-state index >= 15 is 0 Å². The third-order valence-corrected chi connectivity index (χ3v) is 3.82. The van der Waals surface area contributed by atoms with Crippen molar-refractivity contribution in [1.29, 1.82) is 0 Å². The first kappa shape index (κ1) is 16.5. The summed E-state index contributed by atoms with van der Waals surface area (Å²) in [6.45, 7) is 3.75. The Balaban J connectivity index is 2.11. The minimum absolute atomic E-state index is 0.114. The SMILES string of the molecule is Cc1cnc(N2CCN([C@H](C)C(F)(F)F)CC2)c([N+](=O)[O-])c1. The van der Waals surface area contributed by atoms with E-state index in [0.29, 0.717) is 5.56 Å². The summed E-state index contributed by atoms with van der Waals surface area (Å²) in [5.74, 6) is 0.218. The largest absolute Gasteiger partial charge is 0.403 e. The van der Waals surface area contributed by atoms with Gasteiger partial charge in [0, 0.05) is 38.4 Å². The van der Waals surface area contributed by atoms with Crippen LogP contribution in [0, 0.1) is 17.0 Å². The molecule has 2 rings (SSSR count). The van der Waals surface area contributed by atoms with Crippen LogP contribution in [0.25, 0.3) is 0 Å². The first-order chi connectivity index (χ1) is 10.2. The van der Waals surface area contributed by atoms with Gasteiger partial charge in [0.05, 0.1) is 4.92 Å². The first-order valence-electron chi connectivity index (χ1n) is 6.87. The highest BCUT2D eigenvalue weighted by atomic mass is 19.4. The van der Waals surface area contributed by atoms with E-state index < -0.39 is 17.1 Å². The van der Waals surface area contributed by atoms with Crippen molar-refractivity contribution >= 4 is 11.5 Å². The fourth-order valence-corrected chi connectivity index (χ4v) is 2.45. The second-order valence-electron chi connectivity index (χ2n) is 5.35. The predicted molar refractivity (Wildman–Crippen MR) is 74.9 cm³/mol. The number of rotatable bonds is 3. The summed E-state index contributed by atoms with van der Waals surface area (Å²) in [5.41, 5.74) is 0.553. The monoisotopic (exact) mass is 318 g/mol. The van der Waals surface area contributed by atoms with E-state index in [4.69, 9.17) is 0 Å². The second-order valence-corrected chi connectivity index (χ2v) is 5.35. The van der Waals surface area contributed by atoms with Crippen LogP contribution in [-0.4, -0.2) is 53.2 Å². The molecule has 1 fully saturated rings. The number of nitro groups is 1. The van der Waals surface area contributed by atoms with Crippen LogP contribution >= 0.6 is 0 Å². The fraction of sp³-hybridized carbons (Fsp3) is 0.615. The standard InChI is InChI=1S/C13H17F3N4O2/c1-9-7-11(20(21)22)12(17-8-9)19-5-3-18(4-6-19)10(2)13(14,15)16/h7-8,10H,3-6H2,1-2H3/t10-/m1/s1. The quantitative estimate of drug-likeness (QED) is 0.632. The van der Waals surface area contributed by atoms with Crippen molar-refractivity contribution in [2.75, 3.05) is 31.1 Å². The maximum absolute atomic E-state index is 12.7. The number of aromatic nitrogens is 1. The van der Waals surface area contributed by atoms with Gasteiger partial charge >= 0.3 is 11.9 Å². The molecule has 0 bridgehead atoms. The zero-order chi connectivity index (χ0) is 16.5. The summed E-state index contributed by atoms with van der Waals surface area (Å²) in [7, 11) is 0. The van der Waals surface area contributed by atoms with Gasteiger partial charge in [-0.25, -0.2) is 4.98 Å². The zero-order valence-corrected chi connectivity index (χ0v) is 12.3. The second kappa shape index (κ2) is 6.07. The van der Waals surface area contributed by atoms with Gasteiger partial charge in [-0.15, -0.1) is 0 Å². The highest BCUT2D eigenvalue weighted by molar-refractivity contribution is 5.58. The molecular formula is C13H17F3N4O2. The number of pyridine rings is 1. The molecule has 122 valence electrons. The summed E-state index contributed by atoms with van der Waals surface area (Å²) in [6.07, 6.45) is -2.75. The number of hydrogen-bond acceptors (Lipinski definition) is 5. The Kier molecular flexibility index (Phi) is 4.55. The van der Waals surface area contributed by atoms with E-state index in [2.05, 4.69) is 4.98 Å². The van der Waals surface area contributed by atoms with Gasteiger partial charge in [-0.2, -0.15) is 13.2 Å². The predicted octanol–water partition coefficient (Wildman–Crippen LogP) is 2.37.